The zero-order valence-electron chi connectivity index (χ0n) is 19.2. The topological polar surface area (TPSA) is 70.2 Å². The van der Waals surface area contributed by atoms with Crippen molar-refractivity contribution >= 4 is 23.5 Å². The molecule has 0 aliphatic carbocycles. The zero-order valence-corrected chi connectivity index (χ0v) is 19.2. The van der Waals surface area contributed by atoms with Crippen molar-refractivity contribution in [1.29, 1.82) is 0 Å². The lowest BCUT2D eigenvalue weighted by Crippen LogP contribution is -2.52. The molecular weight excluding hydrogens is 394 g/mol. The van der Waals surface area contributed by atoms with Crippen LogP contribution >= 0.6 is 0 Å². The fourth-order valence-corrected chi connectivity index (χ4v) is 4.19. The van der Waals surface area contributed by atoms with Crippen LogP contribution in [0, 0.1) is 11.3 Å². The minimum Gasteiger partial charge on any atom is -0.452 e. The van der Waals surface area contributed by atoms with Gasteiger partial charge in [0.1, 0.15) is 0 Å². The van der Waals surface area contributed by atoms with Crippen LogP contribution in [-0.2, 0) is 19.1 Å². The van der Waals surface area contributed by atoms with Crippen molar-refractivity contribution < 1.29 is 19.1 Å². The quantitative estimate of drug-likeness (QED) is 0.688. The number of piperazine rings is 1. The van der Waals surface area contributed by atoms with Gasteiger partial charge in [0.05, 0.1) is 5.92 Å². The van der Waals surface area contributed by atoms with E-state index in [-0.39, 0.29) is 23.7 Å². The molecule has 31 heavy (non-hydrogen) atoms. The number of para-hydroxylation sites is 1. The van der Waals surface area contributed by atoms with E-state index in [1.165, 1.54) is 0 Å². The number of piperidine rings is 1. The predicted octanol–water partition coefficient (Wildman–Crippen LogP) is 2.55. The first kappa shape index (κ1) is 23.1. The monoisotopic (exact) mass is 429 g/mol. The highest BCUT2D eigenvalue weighted by Crippen LogP contribution is 2.25. The lowest BCUT2D eigenvalue weighted by molar-refractivity contribution is -0.164. The number of nitrogens with zero attached hydrogens (tertiary/aromatic N) is 3. The molecule has 2 heterocycles. The molecule has 1 aromatic carbocycles. The summed E-state index contributed by atoms with van der Waals surface area (Å²) in [5.41, 5.74) is 0.740. The van der Waals surface area contributed by atoms with Crippen molar-refractivity contribution in [3.8, 4) is 0 Å². The lowest BCUT2D eigenvalue weighted by atomic mass is 9.91. The number of esters is 1. The van der Waals surface area contributed by atoms with E-state index in [1.54, 1.807) is 11.8 Å². The number of hydrogen-bond acceptors (Lipinski definition) is 5. The fourth-order valence-electron chi connectivity index (χ4n) is 4.19. The van der Waals surface area contributed by atoms with E-state index in [0.717, 1.165) is 18.8 Å². The maximum absolute atomic E-state index is 12.8. The highest BCUT2D eigenvalue weighted by Gasteiger charge is 2.34. The summed E-state index contributed by atoms with van der Waals surface area (Å²) >= 11 is 0. The molecule has 0 N–H and O–H groups in total. The largest absolute Gasteiger partial charge is 0.452 e. The van der Waals surface area contributed by atoms with E-state index >= 15 is 0 Å². The molecule has 7 nitrogen and oxygen atoms in total. The molecule has 2 fully saturated rings. The second kappa shape index (κ2) is 9.71. The van der Waals surface area contributed by atoms with Crippen LogP contribution in [0.25, 0.3) is 0 Å². The zero-order chi connectivity index (χ0) is 22.6. The molecule has 1 aromatic rings. The second-order valence-electron chi connectivity index (χ2n) is 9.54. The number of likely N-dealkylation sites (tertiary alicyclic amines) is 1. The van der Waals surface area contributed by atoms with Gasteiger partial charge in [-0.2, -0.15) is 0 Å². The minimum atomic E-state index is -0.787. The summed E-state index contributed by atoms with van der Waals surface area (Å²) in [6.45, 7) is 11.2. The Labute approximate surface area is 185 Å². The molecular formula is C24H35N3O4. The molecule has 2 amide bonds. The normalized spacial score (nSPS) is 19.2. The van der Waals surface area contributed by atoms with Gasteiger partial charge in [-0.05, 0) is 31.9 Å². The van der Waals surface area contributed by atoms with Crippen LogP contribution in [0.4, 0.5) is 5.69 Å². The molecule has 0 spiro atoms. The Morgan fingerprint density at radius 2 is 1.48 bits per heavy atom. The van der Waals surface area contributed by atoms with Gasteiger partial charge < -0.3 is 19.4 Å². The Bertz CT molecular complexity index is 774. The van der Waals surface area contributed by atoms with E-state index in [2.05, 4.69) is 17.0 Å². The Balaban J connectivity index is 1.44. The Morgan fingerprint density at radius 1 is 0.903 bits per heavy atom. The van der Waals surface area contributed by atoms with E-state index in [4.69, 9.17) is 4.74 Å². The summed E-state index contributed by atoms with van der Waals surface area (Å²) in [4.78, 5) is 43.7. The summed E-state index contributed by atoms with van der Waals surface area (Å²) in [7, 11) is 0. The van der Waals surface area contributed by atoms with Crippen LogP contribution in [0.5, 0.6) is 0 Å². The Kier molecular flexibility index (Phi) is 7.23. The van der Waals surface area contributed by atoms with Crippen molar-refractivity contribution in [2.75, 3.05) is 44.2 Å². The summed E-state index contributed by atoms with van der Waals surface area (Å²) in [6.07, 6.45) is 0.374. The molecule has 170 valence electrons. The highest BCUT2D eigenvalue weighted by molar-refractivity contribution is 5.85. The van der Waals surface area contributed by atoms with Gasteiger partial charge in [0, 0.05) is 50.4 Å². The first-order chi connectivity index (χ1) is 14.7. The highest BCUT2D eigenvalue weighted by atomic mass is 16.5. The van der Waals surface area contributed by atoms with Crippen LogP contribution < -0.4 is 4.90 Å². The molecule has 3 rings (SSSR count). The average Bonchev–Trinajstić information content (AvgIpc) is 2.78. The fraction of sp³-hybridized carbons (Fsp3) is 0.625. The SMILES string of the molecule is C[C@@H](OC(=O)C1CCN(C(=O)C(C)(C)C)CC1)C(=O)N1CCN(c2ccccc2)CC1. The molecule has 0 aromatic heterocycles. The number of hydrogen-bond donors (Lipinski definition) is 0. The van der Waals surface area contributed by atoms with Crippen molar-refractivity contribution in [2.45, 2.75) is 46.6 Å². The third-order valence-corrected chi connectivity index (χ3v) is 6.11. The third kappa shape index (κ3) is 5.77. The number of anilines is 1. The van der Waals surface area contributed by atoms with Crippen LogP contribution in [0.2, 0.25) is 0 Å². The Morgan fingerprint density at radius 3 is 2.03 bits per heavy atom. The lowest BCUT2D eigenvalue weighted by Gasteiger charge is -2.37. The summed E-state index contributed by atoms with van der Waals surface area (Å²) in [5.74, 6) is -0.611. The molecule has 0 unspecified atom stereocenters. The van der Waals surface area contributed by atoms with Crippen molar-refractivity contribution in [2.24, 2.45) is 11.3 Å². The second-order valence-corrected chi connectivity index (χ2v) is 9.54. The van der Waals surface area contributed by atoms with Gasteiger partial charge in [0.2, 0.25) is 5.91 Å². The number of rotatable bonds is 4. The number of amides is 2. The standard InChI is InChI=1S/C24H35N3O4/c1-18(21(28)26-16-14-25(15-17-26)20-8-6-5-7-9-20)31-22(29)19-10-12-27(13-11-19)23(30)24(2,3)4/h5-9,18-19H,10-17H2,1-4H3/t18-/m1/s1. The van der Waals surface area contributed by atoms with Gasteiger partial charge in [-0.3, -0.25) is 14.4 Å². The molecule has 2 aliphatic rings. The summed E-state index contributed by atoms with van der Waals surface area (Å²) < 4.78 is 5.53. The van der Waals surface area contributed by atoms with Gasteiger partial charge in [0.25, 0.3) is 5.91 Å². The van der Waals surface area contributed by atoms with Gasteiger partial charge in [-0.25, -0.2) is 0 Å². The van der Waals surface area contributed by atoms with E-state index < -0.39 is 11.5 Å². The third-order valence-electron chi connectivity index (χ3n) is 6.11. The maximum atomic E-state index is 12.8. The van der Waals surface area contributed by atoms with Crippen molar-refractivity contribution in [1.82, 2.24) is 9.80 Å². The predicted molar refractivity (Wildman–Crippen MR) is 120 cm³/mol. The van der Waals surface area contributed by atoms with Crippen LogP contribution in [-0.4, -0.2) is 73.0 Å². The average molecular weight is 430 g/mol. The number of carbonyl (C=O) groups is 3. The smallest absolute Gasteiger partial charge is 0.309 e. The molecule has 0 radical (unpaired) electrons. The van der Waals surface area contributed by atoms with Crippen molar-refractivity contribution in [3.05, 3.63) is 30.3 Å². The number of carbonyl (C=O) groups excluding carboxylic acids is 3. The molecule has 0 bridgehead atoms. The van der Waals surface area contributed by atoms with Gasteiger partial charge in [0.15, 0.2) is 6.10 Å². The number of ether oxygens (including phenoxy) is 1. The molecule has 1 atom stereocenters. The number of benzene rings is 1. The summed E-state index contributed by atoms with van der Waals surface area (Å²) in [6, 6.07) is 10.2. The molecule has 7 heteroatoms. The van der Waals surface area contributed by atoms with Crippen LogP contribution in [0.15, 0.2) is 30.3 Å². The van der Waals surface area contributed by atoms with E-state index in [1.807, 2.05) is 43.9 Å². The van der Waals surface area contributed by atoms with Crippen LogP contribution in [0.1, 0.15) is 40.5 Å². The van der Waals surface area contributed by atoms with Crippen molar-refractivity contribution in [3.63, 3.8) is 0 Å². The summed E-state index contributed by atoms with van der Waals surface area (Å²) in [5, 5.41) is 0. The molecule has 2 saturated heterocycles. The van der Waals surface area contributed by atoms with Gasteiger partial charge in [-0.1, -0.05) is 39.0 Å². The van der Waals surface area contributed by atoms with Crippen LogP contribution in [0.3, 0.4) is 0 Å². The van der Waals surface area contributed by atoms with Gasteiger partial charge >= 0.3 is 5.97 Å². The molecule has 0 saturated carbocycles. The first-order valence-electron chi connectivity index (χ1n) is 11.3. The first-order valence-corrected chi connectivity index (χ1v) is 11.3. The molecule has 2 aliphatic heterocycles. The minimum absolute atomic E-state index is 0.109. The Hall–Kier alpha value is -2.57. The van der Waals surface area contributed by atoms with Gasteiger partial charge in [-0.15, -0.1) is 0 Å². The van der Waals surface area contributed by atoms with E-state index in [9.17, 15) is 14.4 Å². The maximum Gasteiger partial charge on any atom is 0.309 e. The van der Waals surface area contributed by atoms with E-state index in [0.29, 0.717) is 39.0 Å².